The van der Waals surface area contributed by atoms with Crippen molar-refractivity contribution in [1.29, 1.82) is 0 Å². The number of halogens is 2. The number of furan rings is 1. The largest absolute Gasteiger partial charge is 0.497 e. The molecule has 1 aromatic carbocycles. The summed E-state index contributed by atoms with van der Waals surface area (Å²) in [5, 5.41) is 4.32. The minimum Gasteiger partial charge on any atom is -0.497 e. The number of methoxy groups -OCH3 is 1. The quantitative estimate of drug-likeness (QED) is 0.894. The summed E-state index contributed by atoms with van der Waals surface area (Å²) < 4.78 is 10.6. The molecule has 1 unspecified atom stereocenters. The second-order valence-electron chi connectivity index (χ2n) is 4.02. The van der Waals surface area contributed by atoms with E-state index in [1.165, 1.54) is 0 Å². The first-order chi connectivity index (χ1) is 9.15. The molecule has 19 heavy (non-hydrogen) atoms. The fourth-order valence-corrected chi connectivity index (χ4v) is 2.35. The van der Waals surface area contributed by atoms with E-state index in [0.717, 1.165) is 23.6 Å². The summed E-state index contributed by atoms with van der Waals surface area (Å²) in [6.07, 6.45) is 0. The molecule has 3 nitrogen and oxygen atoms in total. The van der Waals surface area contributed by atoms with Crippen LogP contribution in [0.3, 0.4) is 0 Å². The van der Waals surface area contributed by atoms with Gasteiger partial charge in [-0.05, 0) is 48.0 Å². The van der Waals surface area contributed by atoms with Crippen LogP contribution in [0.5, 0.6) is 5.75 Å². The number of rotatable bonds is 5. The molecule has 0 amide bonds. The lowest BCUT2D eigenvalue weighted by atomic mass is 10.0. The Hall–Kier alpha value is -1.16. The maximum absolute atomic E-state index is 6.30. The molecule has 0 aliphatic carbocycles. The first-order valence-electron chi connectivity index (χ1n) is 5.97. The molecule has 2 aromatic rings. The molecule has 5 heteroatoms. The molecule has 1 N–H and O–H groups in total. The molecule has 0 aliphatic rings. The Morgan fingerprint density at radius 2 is 2.05 bits per heavy atom. The highest BCUT2D eigenvalue weighted by Crippen LogP contribution is 2.32. The van der Waals surface area contributed by atoms with Gasteiger partial charge >= 0.3 is 0 Å². The molecule has 0 radical (unpaired) electrons. The molecule has 102 valence electrons. The van der Waals surface area contributed by atoms with E-state index in [9.17, 15) is 0 Å². The Morgan fingerprint density at radius 1 is 1.26 bits per heavy atom. The highest BCUT2D eigenvalue weighted by Gasteiger charge is 2.19. The smallest absolute Gasteiger partial charge is 0.193 e. The van der Waals surface area contributed by atoms with Crippen molar-refractivity contribution < 1.29 is 9.15 Å². The van der Waals surface area contributed by atoms with Crippen LogP contribution in [0.15, 0.2) is 34.7 Å². The zero-order valence-corrected chi connectivity index (χ0v) is 12.3. The molecular weight excluding hydrogens is 285 g/mol. The van der Waals surface area contributed by atoms with Gasteiger partial charge in [-0.25, -0.2) is 0 Å². The van der Waals surface area contributed by atoms with E-state index in [1.807, 2.05) is 25.1 Å². The molecule has 1 heterocycles. The van der Waals surface area contributed by atoms with Gasteiger partial charge in [-0.3, -0.25) is 0 Å². The third-order valence-electron chi connectivity index (χ3n) is 2.81. The molecule has 1 atom stereocenters. The standard InChI is InChI=1S/C14H15Cl2NO2/c1-3-17-14(12-6-7-13(16)19-12)10-5-4-9(18-2)8-11(10)15/h4-8,14,17H,3H2,1-2H3. The number of hydrogen-bond acceptors (Lipinski definition) is 3. The molecule has 0 spiro atoms. The predicted octanol–water partition coefficient (Wildman–Crippen LogP) is 4.29. The Balaban J connectivity index is 2.39. The number of hydrogen-bond donors (Lipinski definition) is 1. The maximum Gasteiger partial charge on any atom is 0.193 e. The summed E-state index contributed by atoms with van der Waals surface area (Å²) in [5.74, 6) is 1.46. The Kier molecular flexibility index (Phi) is 4.75. The third-order valence-corrected chi connectivity index (χ3v) is 3.34. The van der Waals surface area contributed by atoms with E-state index in [1.54, 1.807) is 19.2 Å². The average Bonchev–Trinajstić information content (AvgIpc) is 2.83. The lowest BCUT2D eigenvalue weighted by Crippen LogP contribution is -2.21. The van der Waals surface area contributed by atoms with E-state index in [4.69, 9.17) is 32.4 Å². The van der Waals surface area contributed by atoms with Crippen molar-refractivity contribution in [2.24, 2.45) is 0 Å². The second kappa shape index (κ2) is 6.33. The molecule has 1 aromatic heterocycles. The zero-order chi connectivity index (χ0) is 13.8. The molecule has 0 fully saturated rings. The van der Waals surface area contributed by atoms with Crippen LogP contribution in [0.25, 0.3) is 0 Å². The molecular formula is C14H15Cl2NO2. The van der Waals surface area contributed by atoms with Crippen molar-refractivity contribution in [3.8, 4) is 5.75 Å². The third kappa shape index (κ3) is 3.24. The van der Waals surface area contributed by atoms with Crippen molar-refractivity contribution in [2.45, 2.75) is 13.0 Å². The summed E-state index contributed by atoms with van der Waals surface area (Å²) in [6, 6.07) is 9.01. The molecule has 0 aliphatic heterocycles. The molecule has 0 bridgehead atoms. The van der Waals surface area contributed by atoms with Gasteiger partial charge < -0.3 is 14.5 Å². The summed E-state index contributed by atoms with van der Waals surface area (Å²) in [5.41, 5.74) is 0.926. The molecule has 2 rings (SSSR count). The number of ether oxygens (including phenoxy) is 1. The Labute approximate surface area is 122 Å². The Morgan fingerprint density at radius 3 is 2.58 bits per heavy atom. The van der Waals surface area contributed by atoms with Gasteiger partial charge in [-0.1, -0.05) is 24.6 Å². The topological polar surface area (TPSA) is 34.4 Å². The van der Waals surface area contributed by atoms with Crippen LogP contribution in [0, 0.1) is 0 Å². The van der Waals surface area contributed by atoms with Gasteiger partial charge in [0.05, 0.1) is 13.2 Å². The van der Waals surface area contributed by atoms with Crippen molar-refractivity contribution in [3.63, 3.8) is 0 Å². The van der Waals surface area contributed by atoms with E-state index in [0.29, 0.717) is 10.2 Å². The van der Waals surface area contributed by atoms with Crippen molar-refractivity contribution in [2.75, 3.05) is 13.7 Å². The second-order valence-corrected chi connectivity index (χ2v) is 4.80. The summed E-state index contributed by atoms with van der Waals surface area (Å²) in [4.78, 5) is 0. The highest BCUT2D eigenvalue weighted by molar-refractivity contribution is 6.31. The van der Waals surface area contributed by atoms with Gasteiger partial charge in [0.15, 0.2) is 5.22 Å². The lowest BCUT2D eigenvalue weighted by Gasteiger charge is -2.17. The first kappa shape index (κ1) is 14.3. The van der Waals surface area contributed by atoms with E-state index >= 15 is 0 Å². The van der Waals surface area contributed by atoms with Crippen LogP contribution in [-0.2, 0) is 0 Å². The summed E-state index contributed by atoms with van der Waals surface area (Å²) in [6.45, 7) is 2.81. The molecule has 0 saturated heterocycles. The average molecular weight is 300 g/mol. The Bertz CT molecular complexity index is 554. The molecule has 0 saturated carbocycles. The lowest BCUT2D eigenvalue weighted by molar-refractivity contribution is 0.414. The van der Waals surface area contributed by atoms with Gasteiger partial charge in [0.1, 0.15) is 11.5 Å². The van der Waals surface area contributed by atoms with E-state index in [2.05, 4.69) is 5.32 Å². The monoisotopic (exact) mass is 299 g/mol. The van der Waals surface area contributed by atoms with Gasteiger partial charge in [-0.15, -0.1) is 0 Å². The maximum atomic E-state index is 6.30. The normalized spacial score (nSPS) is 12.4. The van der Waals surface area contributed by atoms with Crippen molar-refractivity contribution in [1.82, 2.24) is 5.32 Å². The highest BCUT2D eigenvalue weighted by atomic mass is 35.5. The van der Waals surface area contributed by atoms with Crippen LogP contribution >= 0.6 is 23.2 Å². The predicted molar refractivity (Wildman–Crippen MR) is 77.2 cm³/mol. The summed E-state index contributed by atoms with van der Waals surface area (Å²) in [7, 11) is 1.61. The van der Waals surface area contributed by atoms with Gasteiger partial charge in [0.25, 0.3) is 0 Å². The van der Waals surface area contributed by atoms with Crippen LogP contribution in [0.4, 0.5) is 0 Å². The van der Waals surface area contributed by atoms with E-state index in [-0.39, 0.29) is 6.04 Å². The minimum absolute atomic E-state index is 0.129. The summed E-state index contributed by atoms with van der Waals surface area (Å²) >= 11 is 12.1. The van der Waals surface area contributed by atoms with Crippen LogP contribution in [0.1, 0.15) is 24.3 Å². The van der Waals surface area contributed by atoms with Crippen molar-refractivity contribution >= 4 is 23.2 Å². The van der Waals surface area contributed by atoms with Crippen LogP contribution in [-0.4, -0.2) is 13.7 Å². The van der Waals surface area contributed by atoms with Gasteiger partial charge in [-0.2, -0.15) is 0 Å². The minimum atomic E-state index is -0.129. The van der Waals surface area contributed by atoms with Crippen LogP contribution in [0.2, 0.25) is 10.2 Å². The van der Waals surface area contributed by atoms with E-state index < -0.39 is 0 Å². The zero-order valence-electron chi connectivity index (χ0n) is 10.7. The number of nitrogens with one attached hydrogen (secondary N) is 1. The van der Waals surface area contributed by atoms with Gasteiger partial charge in [0.2, 0.25) is 0 Å². The SMILES string of the molecule is CCNC(c1ccc(Cl)o1)c1ccc(OC)cc1Cl. The fraction of sp³-hybridized carbons (Fsp3) is 0.286. The van der Waals surface area contributed by atoms with Crippen molar-refractivity contribution in [3.05, 3.63) is 51.9 Å². The first-order valence-corrected chi connectivity index (χ1v) is 6.73. The fourth-order valence-electron chi connectivity index (χ4n) is 1.92. The number of benzene rings is 1. The van der Waals surface area contributed by atoms with Gasteiger partial charge in [0, 0.05) is 5.02 Å². The van der Waals surface area contributed by atoms with Crippen LogP contribution < -0.4 is 10.1 Å².